The molecule has 0 radical (unpaired) electrons. The predicted octanol–water partition coefficient (Wildman–Crippen LogP) is 4.35. The predicted molar refractivity (Wildman–Crippen MR) is 126 cm³/mol. The van der Waals surface area contributed by atoms with Gasteiger partial charge in [-0.25, -0.2) is 4.79 Å². The molecule has 1 aromatic heterocycles. The zero-order chi connectivity index (χ0) is 26.1. The van der Waals surface area contributed by atoms with Crippen LogP contribution in [0, 0.1) is 18.3 Å². The number of nitrogens with zero attached hydrogens (tertiary/aromatic N) is 2. The van der Waals surface area contributed by atoms with Gasteiger partial charge in [0.2, 0.25) is 0 Å². The first kappa shape index (κ1) is 26.2. The molecule has 2 aliphatic rings. The van der Waals surface area contributed by atoms with Crippen LogP contribution in [0.4, 0.5) is 13.2 Å². The minimum Gasteiger partial charge on any atom is -0.462 e. The molecule has 36 heavy (non-hydrogen) atoms. The highest BCUT2D eigenvalue weighted by molar-refractivity contribution is 5.97. The number of hydrogen-bond acceptors (Lipinski definition) is 5. The average Bonchev–Trinajstić information content (AvgIpc) is 3.10. The van der Waals surface area contributed by atoms with E-state index in [0.29, 0.717) is 38.3 Å². The first-order valence-electron chi connectivity index (χ1n) is 12.3. The van der Waals surface area contributed by atoms with Crippen molar-refractivity contribution in [3.63, 3.8) is 0 Å². The Morgan fingerprint density at radius 3 is 2.67 bits per heavy atom. The highest BCUT2D eigenvalue weighted by Crippen LogP contribution is 2.37. The molecule has 10 heteroatoms. The van der Waals surface area contributed by atoms with Gasteiger partial charge >= 0.3 is 12.1 Å². The third kappa shape index (κ3) is 5.43. The number of amides is 1. The monoisotopic (exact) mass is 507 g/mol. The fourth-order valence-electron chi connectivity index (χ4n) is 5.08. The lowest BCUT2D eigenvalue weighted by atomic mass is 9.76. The molecule has 0 bridgehead atoms. The maximum atomic E-state index is 13.0. The molecule has 1 saturated heterocycles. The first-order valence-corrected chi connectivity index (χ1v) is 12.3. The maximum Gasteiger partial charge on any atom is 0.416 e. The third-order valence-electron chi connectivity index (χ3n) is 7.16. The summed E-state index contributed by atoms with van der Waals surface area (Å²) in [6.07, 6.45) is -1.41. The summed E-state index contributed by atoms with van der Waals surface area (Å²) >= 11 is 0. The highest BCUT2D eigenvalue weighted by Gasteiger charge is 2.40. The van der Waals surface area contributed by atoms with Crippen molar-refractivity contribution in [2.45, 2.75) is 59.2 Å². The molecule has 196 valence electrons. The van der Waals surface area contributed by atoms with Crippen molar-refractivity contribution in [1.82, 2.24) is 15.1 Å². The number of hydrogen-bond donors (Lipinski definition) is 1. The quantitative estimate of drug-likeness (QED) is 0.588. The average molecular weight is 508 g/mol. The Morgan fingerprint density at radius 2 is 2.03 bits per heavy atom. The molecule has 1 aromatic carbocycles. The van der Waals surface area contributed by atoms with Crippen molar-refractivity contribution in [3.05, 3.63) is 51.8 Å². The zero-order valence-electron chi connectivity index (χ0n) is 20.8. The lowest BCUT2D eigenvalue weighted by molar-refractivity contribution is -0.138. The van der Waals surface area contributed by atoms with E-state index in [2.05, 4.69) is 5.32 Å². The second-order valence-corrected chi connectivity index (χ2v) is 10.0. The molecule has 0 saturated carbocycles. The summed E-state index contributed by atoms with van der Waals surface area (Å²) in [7, 11) is 0. The topological polar surface area (TPSA) is 82.5 Å². The Labute approximate surface area is 208 Å². The molecule has 2 aliphatic heterocycles. The van der Waals surface area contributed by atoms with Crippen molar-refractivity contribution in [2.24, 2.45) is 11.3 Å². The van der Waals surface area contributed by atoms with Gasteiger partial charge in [0.1, 0.15) is 0 Å². The molecular formula is C26H32F3N3O4. The van der Waals surface area contributed by atoms with Gasteiger partial charge in [-0.15, -0.1) is 0 Å². The Balaban J connectivity index is 1.47. The van der Waals surface area contributed by atoms with Crippen LogP contribution in [0.5, 0.6) is 0 Å². The molecule has 7 nitrogen and oxygen atoms in total. The first-order chi connectivity index (χ1) is 17.0. The van der Waals surface area contributed by atoms with Crippen molar-refractivity contribution in [1.29, 1.82) is 0 Å². The Bertz CT molecular complexity index is 1140. The Hall–Kier alpha value is -2.88. The van der Waals surface area contributed by atoms with Gasteiger partial charge in [-0.05, 0) is 61.8 Å². The van der Waals surface area contributed by atoms with E-state index >= 15 is 0 Å². The number of aryl methyl sites for hydroxylation is 2. The van der Waals surface area contributed by atoms with Gasteiger partial charge in [0.25, 0.3) is 5.91 Å². The van der Waals surface area contributed by atoms with E-state index in [1.807, 2.05) is 18.5 Å². The van der Waals surface area contributed by atoms with Crippen LogP contribution in [0.3, 0.4) is 0 Å². The number of benzene rings is 1. The smallest absolute Gasteiger partial charge is 0.416 e. The lowest BCUT2D eigenvalue weighted by Gasteiger charge is -2.36. The normalized spacial score (nSPS) is 18.3. The number of alkyl halides is 3. The van der Waals surface area contributed by atoms with E-state index in [4.69, 9.17) is 14.6 Å². The van der Waals surface area contributed by atoms with E-state index in [9.17, 15) is 22.8 Å². The van der Waals surface area contributed by atoms with Gasteiger partial charge in [0.15, 0.2) is 0 Å². The van der Waals surface area contributed by atoms with Gasteiger partial charge in [-0.1, -0.05) is 13.8 Å². The number of carbonyl (C=O) groups excluding carboxylic acids is 2. The molecule has 0 unspecified atom stereocenters. The van der Waals surface area contributed by atoms with Crippen LogP contribution in [0.25, 0.3) is 0 Å². The van der Waals surface area contributed by atoms with E-state index < -0.39 is 17.7 Å². The van der Waals surface area contributed by atoms with E-state index in [1.165, 1.54) is 13.0 Å². The van der Waals surface area contributed by atoms with Crippen LogP contribution in [-0.4, -0.2) is 48.0 Å². The van der Waals surface area contributed by atoms with E-state index in [-0.39, 0.29) is 35.0 Å². The fraction of sp³-hybridized carbons (Fsp3) is 0.577. The molecule has 1 amide bonds. The van der Waals surface area contributed by atoms with Crippen LogP contribution < -0.4 is 5.32 Å². The van der Waals surface area contributed by atoms with Gasteiger partial charge in [-0.3, -0.25) is 9.48 Å². The minimum absolute atomic E-state index is 0.0309. The number of ether oxygens (including phenoxy) is 2. The SMILES string of the molecule is CCc1nn(C[C@@H](C)COC(=O)c2ccc(C(F)(F)F)c(C)c2)c2c1C(=O)NCC1(CCOCC1)C2. The summed E-state index contributed by atoms with van der Waals surface area (Å²) in [4.78, 5) is 25.5. The molecule has 1 N–H and O–H groups in total. The maximum absolute atomic E-state index is 13.0. The van der Waals surface area contributed by atoms with Gasteiger partial charge in [0, 0.05) is 32.2 Å². The summed E-state index contributed by atoms with van der Waals surface area (Å²) in [5, 5.41) is 7.82. The number of carbonyl (C=O) groups is 2. The van der Waals surface area contributed by atoms with Crippen molar-refractivity contribution < 1.29 is 32.2 Å². The highest BCUT2D eigenvalue weighted by atomic mass is 19.4. The molecule has 3 heterocycles. The van der Waals surface area contributed by atoms with Crippen LogP contribution in [0.15, 0.2) is 18.2 Å². The number of rotatable bonds is 6. The summed E-state index contributed by atoms with van der Waals surface area (Å²) in [6, 6.07) is 3.23. The van der Waals surface area contributed by atoms with Crippen LogP contribution in [-0.2, 0) is 35.0 Å². The van der Waals surface area contributed by atoms with Crippen molar-refractivity contribution in [3.8, 4) is 0 Å². The largest absolute Gasteiger partial charge is 0.462 e. The molecule has 1 fully saturated rings. The second kappa shape index (κ2) is 10.2. The Kier molecular flexibility index (Phi) is 7.45. The third-order valence-corrected chi connectivity index (χ3v) is 7.16. The molecule has 1 spiro atoms. The Morgan fingerprint density at radius 1 is 1.31 bits per heavy atom. The summed E-state index contributed by atoms with van der Waals surface area (Å²) in [5.74, 6) is -0.906. The fourth-order valence-corrected chi connectivity index (χ4v) is 5.08. The lowest BCUT2D eigenvalue weighted by Crippen LogP contribution is -2.41. The molecule has 4 rings (SSSR count). The standard InChI is InChI=1S/C26H32F3N3O4/c1-4-20-22-21(12-25(15-30-23(22)33)7-9-35-10-8-25)32(31-20)13-16(2)14-36-24(34)18-5-6-19(17(3)11-18)26(27,28)29/h5-6,11,16H,4,7-10,12-15H2,1-3H3,(H,30,33)/t16-/m1/s1. The zero-order valence-corrected chi connectivity index (χ0v) is 20.8. The van der Waals surface area contributed by atoms with Crippen LogP contribution >= 0.6 is 0 Å². The van der Waals surface area contributed by atoms with Crippen LogP contribution in [0.1, 0.15) is 69.9 Å². The van der Waals surface area contributed by atoms with E-state index in [0.717, 1.165) is 42.8 Å². The number of esters is 1. The minimum atomic E-state index is -4.47. The summed E-state index contributed by atoms with van der Waals surface area (Å²) < 4.78 is 51.8. The number of fused-ring (bicyclic) bond motifs is 1. The van der Waals surface area contributed by atoms with Crippen molar-refractivity contribution in [2.75, 3.05) is 26.4 Å². The molecule has 0 aliphatic carbocycles. The second-order valence-electron chi connectivity index (χ2n) is 10.0. The van der Waals surface area contributed by atoms with E-state index in [1.54, 1.807) is 0 Å². The van der Waals surface area contributed by atoms with Gasteiger partial charge in [-0.2, -0.15) is 18.3 Å². The number of halogens is 3. The summed E-state index contributed by atoms with van der Waals surface area (Å²) in [6.45, 7) is 7.64. The van der Waals surface area contributed by atoms with Gasteiger partial charge < -0.3 is 14.8 Å². The molecule has 2 aromatic rings. The van der Waals surface area contributed by atoms with Gasteiger partial charge in [0.05, 0.1) is 34.7 Å². The summed E-state index contributed by atoms with van der Waals surface area (Å²) in [5.41, 5.74) is 1.49. The number of nitrogens with one attached hydrogen (secondary N) is 1. The molecule has 1 atom stereocenters. The van der Waals surface area contributed by atoms with Crippen LogP contribution in [0.2, 0.25) is 0 Å². The van der Waals surface area contributed by atoms with Crippen molar-refractivity contribution >= 4 is 11.9 Å². The number of aromatic nitrogens is 2. The molecular weight excluding hydrogens is 475 g/mol.